The third kappa shape index (κ3) is 3.54. The van der Waals surface area contributed by atoms with Crippen LogP contribution in [0.15, 0.2) is 46.9 Å². The number of aryl methyl sites for hydroxylation is 1. The molecule has 0 unspecified atom stereocenters. The Labute approximate surface area is 125 Å². The van der Waals surface area contributed by atoms with E-state index < -0.39 is 0 Å². The molecule has 0 bridgehead atoms. The van der Waals surface area contributed by atoms with Gasteiger partial charge in [-0.25, -0.2) is 0 Å². The molecule has 0 spiro atoms. The Kier molecular flexibility index (Phi) is 4.39. The molecule has 3 heteroatoms. The molecule has 0 radical (unpaired) electrons. The molecular formula is C18H21NO2. The van der Waals surface area contributed by atoms with Crippen LogP contribution in [0.2, 0.25) is 0 Å². The summed E-state index contributed by atoms with van der Waals surface area (Å²) in [5.74, 6) is 2.02. The zero-order valence-electron chi connectivity index (χ0n) is 12.3. The Balaban J connectivity index is 1.56. The van der Waals surface area contributed by atoms with E-state index >= 15 is 0 Å². The molecule has 3 rings (SSSR count). The largest absolute Gasteiger partial charge is 0.461 e. The maximum Gasteiger partial charge on any atom is 0.223 e. The molecule has 1 fully saturated rings. The van der Waals surface area contributed by atoms with Gasteiger partial charge in [-0.2, -0.15) is 0 Å². The van der Waals surface area contributed by atoms with E-state index in [4.69, 9.17) is 4.42 Å². The predicted octanol–water partition coefficient (Wildman–Crippen LogP) is 3.89. The molecule has 2 heterocycles. The number of benzene rings is 1. The molecule has 0 aliphatic carbocycles. The highest BCUT2D eigenvalue weighted by molar-refractivity contribution is 5.76. The average Bonchev–Trinajstić information content (AvgIpc) is 3.03. The van der Waals surface area contributed by atoms with Gasteiger partial charge in [-0.15, -0.1) is 0 Å². The number of piperidine rings is 1. The molecule has 110 valence electrons. The van der Waals surface area contributed by atoms with E-state index in [1.165, 1.54) is 6.42 Å². The summed E-state index contributed by atoms with van der Waals surface area (Å²) in [7, 11) is 0. The summed E-state index contributed by atoms with van der Waals surface area (Å²) in [5, 5.41) is 0. The monoisotopic (exact) mass is 283 g/mol. The Morgan fingerprint density at radius 1 is 1.00 bits per heavy atom. The fraction of sp³-hybridized carbons (Fsp3) is 0.389. The lowest BCUT2D eigenvalue weighted by Crippen LogP contribution is -2.35. The molecule has 1 aromatic heterocycles. The molecule has 21 heavy (non-hydrogen) atoms. The van der Waals surface area contributed by atoms with Crippen LogP contribution < -0.4 is 0 Å². The van der Waals surface area contributed by atoms with E-state index in [0.29, 0.717) is 12.8 Å². The number of hydrogen-bond acceptors (Lipinski definition) is 2. The highest BCUT2D eigenvalue weighted by Crippen LogP contribution is 2.22. The third-order valence-corrected chi connectivity index (χ3v) is 4.01. The second-order valence-electron chi connectivity index (χ2n) is 5.57. The van der Waals surface area contributed by atoms with Gasteiger partial charge in [-0.3, -0.25) is 4.79 Å². The van der Waals surface area contributed by atoms with E-state index in [-0.39, 0.29) is 5.91 Å². The number of carbonyl (C=O) groups excluding carboxylic acids is 1. The lowest BCUT2D eigenvalue weighted by atomic mass is 10.1. The minimum atomic E-state index is 0.257. The smallest absolute Gasteiger partial charge is 0.223 e. The number of rotatable bonds is 4. The van der Waals surface area contributed by atoms with Gasteiger partial charge >= 0.3 is 0 Å². The van der Waals surface area contributed by atoms with Gasteiger partial charge in [0.1, 0.15) is 11.5 Å². The molecular weight excluding hydrogens is 262 g/mol. The molecule has 2 aromatic rings. The number of carbonyl (C=O) groups is 1. The van der Waals surface area contributed by atoms with Crippen molar-refractivity contribution in [2.45, 2.75) is 32.1 Å². The minimum Gasteiger partial charge on any atom is -0.461 e. The molecule has 1 aromatic carbocycles. The van der Waals surface area contributed by atoms with Gasteiger partial charge in [0, 0.05) is 31.5 Å². The number of likely N-dealkylation sites (tertiary alicyclic amines) is 1. The van der Waals surface area contributed by atoms with Crippen molar-refractivity contribution in [1.29, 1.82) is 0 Å². The Bertz CT molecular complexity index is 582. The number of nitrogens with zero attached hydrogens (tertiary/aromatic N) is 1. The highest BCUT2D eigenvalue weighted by Gasteiger charge is 2.16. The zero-order chi connectivity index (χ0) is 14.5. The number of amides is 1. The second-order valence-corrected chi connectivity index (χ2v) is 5.57. The maximum atomic E-state index is 12.1. The summed E-state index contributed by atoms with van der Waals surface area (Å²) >= 11 is 0. The molecule has 3 nitrogen and oxygen atoms in total. The Morgan fingerprint density at radius 2 is 1.76 bits per heavy atom. The summed E-state index contributed by atoms with van der Waals surface area (Å²) in [6.07, 6.45) is 4.77. The van der Waals surface area contributed by atoms with Crippen LogP contribution in [0.3, 0.4) is 0 Å². The first-order valence-corrected chi connectivity index (χ1v) is 7.75. The van der Waals surface area contributed by atoms with E-state index in [1.807, 2.05) is 47.4 Å². The van der Waals surface area contributed by atoms with Gasteiger partial charge in [0.2, 0.25) is 5.91 Å². The van der Waals surface area contributed by atoms with Crippen LogP contribution in [0.1, 0.15) is 31.4 Å². The van der Waals surface area contributed by atoms with Crippen molar-refractivity contribution >= 4 is 5.91 Å². The topological polar surface area (TPSA) is 33.5 Å². The molecule has 1 saturated heterocycles. The quantitative estimate of drug-likeness (QED) is 0.853. The first-order chi connectivity index (χ1) is 10.3. The number of hydrogen-bond donors (Lipinski definition) is 0. The SMILES string of the molecule is O=C(CCc1ccc(-c2ccccc2)o1)N1CCCCC1. The van der Waals surface area contributed by atoms with Gasteiger partial charge in [-0.1, -0.05) is 30.3 Å². The lowest BCUT2D eigenvalue weighted by molar-refractivity contribution is -0.132. The van der Waals surface area contributed by atoms with E-state index in [0.717, 1.165) is 43.0 Å². The van der Waals surface area contributed by atoms with E-state index in [1.54, 1.807) is 0 Å². The van der Waals surface area contributed by atoms with Gasteiger partial charge in [-0.05, 0) is 31.4 Å². The van der Waals surface area contributed by atoms with Crippen molar-refractivity contribution in [1.82, 2.24) is 4.90 Å². The minimum absolute atomic E-state index is 0.257. The van der Waals surface area contributed by atoms with Gasteiger partial charge < -0.3 is 9.32 Å². The van der Waals surface area contributed by atoms with Crippen LogP contribution in [-0.2, 0) is 11.2 Å². The zero-order valence-corrected chi connectivity index (χ0v) is 12.3. The fourth-order valence-corrected chi connectivity index (χ4v) is 2.80. The first kappa shape index (κ1) is 13.9. The number of furan rings is 1. The van der Waals surface area contributed by atoms with Crippen molar-refractivity contribution in [3.8, 4) is 11.3 Å². The first-order valence-electron chi connectivity index (χ1n) is 7.75. The standard InChI is InChI=1S/C18H21NO2/c20-18(19-13-5-2-6-14-19)12-10-16-9-11-17(21-16)15-7-3-1-4-8-15/h1,3-4,7-9,11H,2,5-6,10,12-14H2. The van der Waals surface area contributed by atoms with Gasteiger partial charge in [0.05, 0.1) is 0 Å². The summed E-state index contributed by atoms with van der Waals surface area (Å²) in [5.41, 5.74) is 1.08. The maximum absolute atomic E-state index is 12.1. The molecule has 0 atom stereocenters. The molecule has 1 aliphatic heterocycles. The van der Waals surface area contributed by atoms with Crippen molar-refractivity contribution in [3.05, 3.63) is 48.2 Å². The van der Waals surface area contributed by atoms with Crippen LogP contribution in [-0.4, -0.2) is 23.9 Å². The van der Waals surface area contributed by atoms with Crippen molar-refractivity contribution < 1.29 is 9.21 Å². The molecule has 1 aliphatic rings. The van der Waals surface area contributed by atoms with Crippen LogP contribution in [0.25, 0.3) is 11.3 Å². The predicted molar refractivity (Wildman–Crippen MR) is 82.9 cm³/mol. The van der Waals surface area contributed by atoms with Gasteiger partial charge in [0.15, 0.2) is 0 Å². The van der Waals surface area contributed by atoms with Crippen molar-refractivity contribution in [3.63, 3.8) is 0 Å². The summed E-state index contributed by atoms with van der Waals surface area (Å²) in [6, 6.07) is 14.0. The molecule has 0 N–H and O–H groups in total. The lowest BCUT2D eigenvalue weighted by Gasteiger charge is -2.26. The van der Waals surface area contributed by atoms with Crippen molar-refractivity contribution in [2.24, 2.45) is 0 Å². The van der Waals surface area contributed by atoms with Crippen molar-refractivity contribution in [2.75, 3.05) is 13.1 Å². The summed E-state index contributed by atoms with van der Waals surface area (Å²) in [4.78, 5) is 14.1. The molecule has 1 amide bonds. The average molecular weight is 283 g/mol. The van der Waals surface area contributed by atoms with E-state index in [9.17, 15) is 4.79 Å². The van der Waals surface area contributed by atoms with Crippen LogP contribution in [0.5, 0.6) is 0 Å². The normalized spacial score (nSPS) is 15.1. The van der Waals surface area contributed by atoms with Crippen LogP contribution in [0.4, 0.5) is 0 Å². The van der Waals surface area contributed by atoms with Crippen LogP contribution in [0, 0.1) is 0 Å². The van der Waals surface area contributed by atoms with Gasteiger partial charge in [0.25, 0.3) is 0 Å². The Hall–Kier alpha value is -2.03. The third-order valence-electron chi connectivity index (χ3n) is 4.01. The second kappa shape index (κ2) is 6.61. The summed E-state index contributed by atoms with van der Waals surface area (Å²) in [6.45, 7) is 1.85. The summed E-state index contributed by atoms with van der Waals surface area (Å²) < 4.78 is 5.84. The fourth-order valence-electron chi connectivity index (χ4n) is 2.80. The van der Waals surface area contributed by atoms with E-state index in [2.05, 4.69) is 0 Å². The Morgan fingerprint density at radius 3 is 2.52 bits per heavy atom. The highest BCUT2D eigenvalue weighted by atomic mass is 16.3. The van der Waals surface area contributed by atoms with Crippen LogP contribution >= 0.6 is 0 Å². The molecule has 0 saturated carbocycles.